The number of nitrogens with zero attached hydrogens (tertiary/aromatic N) is 2. The summed E-state index contributed by atoms with van der Waals surface area (Å²) in [5, 5.41) is 6.98. The van der Waals surface area contributed by atoms with Crippen molar-refractivity contribution in [3.05, 3.63) is 29.8 Å². The summed E-state index contributed by atoms with van der Waals surface area (Å²) in [6.07, 6.45) is 0. The van der Waals surface area contributed by atoms with Crippen LogP contribution in [0.4, 0.5) is 0 Å². The SMILES string of the molecule is CN=C(NCc1ccc(OCCOC)cc1)NC1CN(C(C)C)CC1C. The lowest BCUT2D eigenvalue weighted by molar-refractivity contribution is 0.146. The molecule has 1 heterocycles. The van der Waals surface area contributed by atoms with Gasteiger partial charge in [-0.25, -0.2) is 0 Å². The van der Waals surface area contributed by atoms with Gasteiger partial charge in [0.25, 0.3) is 0 Å². The maximum Gasteiger partial charge on any atom is 0.191 e. The van der Waals surface area contributed by atoms with Gasteiger partial charge in [-0.15, -0.1) is 0 Å². The first kappa shape index (κ1) is 20.5. The Labute approximate surface area is 158 Å². The third kappa shape index (κ3) is 6.18. The Kier molecular flexibility index (Phi) is 8.19. The lowest BCUT2D eigenvalue weighted by atomic mass is 10.1. The van der Waals surface area contributed by atoms with Crippen LogP contribution in [0.2, 0.25) is 0 Å². The molecule has 2 atom stereocenters. The molecule has 1 aromatic rings. The number of rotatable bonds is 8. The van der Waals surface area contributed by atoms with E-state index in [9.17, 15) is 0 Å². The second-order valence-electron chi connectivity index (χ2n) is 7.19. The van der Waals surface area contributed by atoms with Crippen molar-refractivity contribution < 1.29 is 9.47 Å². The smallest absolute Gasteiger partial charge is 0.191 e. The van der Waals surface area contributed by atoms with E-state index in [0.29, 0.717) is 31.2 Å². The third-order valence-corrected chi connectivity index (χ3v) is 4.86. The monoisotopic (exact) mass is 362 g/mol. The molecule has 0 amide bonds. The van der Waals surface area contributed by atoms with Crippen LogP contribution >= 0.6 is 0 Å². The Hall–Kier alpha value is -1.79. The Morgan fingerprint density at radius 2 is 1.96 bits per heavy atom. The fraction of sp³-hybridized carbons (Fsp3) is 0.650. The predicted octanol–water partition coefficient (Wildman–Crippen LogP) is 2.11. The summed E-state index contributed by atoms with van der Waals surface area (Å²) in [6.45, 7) is 10.9. The van der Waals surface area contributed by atoms with Crippen molar-refractivity contribution in [1.29, 1.82) is 0 Å². The van der Waals surface area contributed by atoms with Crippen LogP contribution in [0.15, 0.2) is 29.3 Å². The molecule has 1 aromatic carbocycles. The Balaban J connectivity index is 1.80. The number of hydrogen-bond acceptors (Lipinski definition) is 4. The maximum atomic E-state index is 5.59. The fourth-order valence-electron chi connectivity index (χ4n) is 3.12. The molecule has 6 heteroatoms. The van der Waals surface area contributed by atoms with E-state index < -0.39 is 0 Å². The minimum Gasteiger partial charge on any atom is -0.491 e. The normalized spacial score (nSPS) is 21.2. The van der Waals surface area contributed by atoms with Crippen molar-refractivity contribution in [3.8, 4) is 5.75 Å². The van der Waals surface area contributed by atoms with E-state index >= 15 is 0 Å². The largest absolute Gasteiger partial charge is 0.491 e. The number of nitrogens with one attached hydrogen (secondary N) is 2. The summed E-state index contributed by atoms with van der Waals surface area (Å²) in [4.78, 5) is 6.89. The summed E-state index contributed by atoms with van der Waals surface area (Å²) in [5.74, 6) is 2.33. The molecule has 0 aliphatic carbocycles. The number of guanidine groups is 1. The zero-order valence-corrected chi connectivity index (χ0v) is 16.8. The zero-order chi connectivity index (χ0) is 18.9. The quantitative estimate of drug-likeness (QED) is 0.421. The van der Waals surface area contributed by atoms with Crippen LogP contribution in [0.1, 0.15) is 26.3 Å². The summed E-state index contributed by atoms with van der Waals surface area (Å²) in [5.41, 5.74) is 1.19. The first-order valence-corrected chi connectivity index (χ1v) is 9.45. The van der Waals surface area contributed by atoms with Crippen molar-refractivity contribution >= 4 is 5.96 Å². The molecule has 0 bridgehead atoms. The molecule has 1 aliphatic rings. The topological polar surface area (TPSA) is 58.1 Å². The van der Waals surface area contributed by atoms with E-state index in [1.165, 1.54) is 5.56 Å². The van der Waals surface area contributed by atoms with Gasteiger partial charge in [0.05, 0.1) is 6.61 Å². The van der Waals surface area contributed by atoms with E-state index in [1.54, 1.807) is 7.11 Å². The van der Waals surface area contributed by atoms with E-state index in [1.807, 2.05) is 19.2 Å². The predicted molar refractivity (Wildman–Crippen MR) is 107 cm³/mol. The zero-order valence-electron chi connectivity index (χ0n) is 16.8. The van der Waals surface area contributed by atoms with Crippen LogP contribution in [-0.4, -0.2) is 63.4 Å². The van der Waals surface area contributed by atoms with Crippen LogP contribution in [0.3, 0.4) is 0 Å². The van der Waals surface area contributed by atoms with Gasteiger partial charge in [-0.2, -0.15) is 0 Å². The average Bonchev–Trinajstić information content (AvgIpc) is 3.01. The molecule has 1 aliphatic heterocycles. The highest BCUT2D eigenvalue weighted by Crippen LogP contribution is 2.18. The van der Waals surface area contributed by atoms with Gasteiger partial charge in [0.15, 0.2) is 5.96 Å². The van der Waals surface area contributed by atoms with Crippen LogP contribution in [0.25, 0.3) is 0 Å². The summed E-state index contributed by atoms with van der Waals surface area (Å²) in [6, 6.07) is 9.14. The number of likely N-dealkylation sites (tertiary alicyclic amines) is 1. The van der Waals surface area contributed by atoms with E-state index in [0.717, 1.165) is 31.3 Å². The molecule has 2 rings (SSSR count). The number of methoxy groups -OCH3 is 1. The van der Waals surface area contributed by atoms with Crippen LogP contribution in [0.5, 0.6) is 5.75 Å². The molecule has 146 valence electrons. The van der Waals surface area contributed by atoms with Crippen LogP contribution < -0.4 is 15.4 Å². The molecular weight excluding hydrogens is 328 g/mol. The highest BCUT2D eigenvalue weighted by atomic mass is 16.5. The van der Waals surface area contributed by atoms with Crippen molar-refractivity contribution in [1.82, 2.24) is 15.5 Å². The third-order valence-electron chi connectivity index (χ3n) is 4.86. The highest BCUT2D eigenvalue weighted by Gasteiger charge is 2.31. The molecule has 0 radical (unpaired) electrons. The number of aliphatic imine (C=N–C) groups is 1. The molecule has 1 fully saturated rings. The fourth-order valence-corrected chi connectivity index (χ4v) is 3.12. The summed E-state index contributed by atoms with van der Waals surface area (Å²) in [7, 11) is 3.49. The molecule has 0 spiro atoms. The second kappa shape index (κ2) is 10.4. The van der Waals surface area contributed by atoms with Gasteiger partial charge in [0.2, 0.25) is 0 Å². The van der Waals surface area contributed by atoms with E-state index in [-0.39, 0.29) is 0 Å². The molecule has 1 saturated heterocycles. The minimum atomic E-state index is 0.431. The Morgan fingerprint density at radius 3 is 2.54 bits per heavy atom. The summed E-state index contributed by atoms with van der Waals surface area (Å²) >= 11 is 0. The highest BCUT2D eigenvalue weighted by molar-refractivity contribution is 5.80. The Bertz CT molecular complexity index is 559. The Morgan fingerprint density at radius 1 is 1.23 bits per heavy atom. The van der Waals surface area contributed by atoms with Crippen LogP contribution in [-0.2, 0) is 11.3 Å². The van der Waals surface area contributed by atoms with Crippen molar-refractivity contribution in [3.63, 3.8) is 0 Å². The standard InChI is InChI=1S/C20H34N4O2/c1-15(2)24-13-16(3)19(14-24)23-20(21-4)22-12-17-6-8-18(9-7-17)26-11-10-25-5/h6-9,15-16,19H,10-14H2,1-5H3,(H2,21,22,23). The summed E-state index contributed by atoms with van der Waals surface area (Å²) < 4.78 is 10.6. The van der Waals surface area contributed by atoms with E-state index in [2.05, 4.69) is 53.4 Å². The minimum absolute atomic E-state index is 0.431. The van der Waals surface area contributed by atoms with Gasteiger partial charge in [0.1, 0.15) is 12.4 Å². The number of hydrogen-bond donors (Lipinski definition) is 2. The van der Waals surface area contributed by atoms with E-state index in [4.69, 9.17) is 9.47 Å². The number of benzene rings is 1. The molecule has 0 saturated carbocycles. The molecule has 0 aromatic heterocycles. The van der Waals surface area contributed by atoms with Gasteiger partial charge in [-0.1, -0.05) is 19.1 Å². The lowest BCUT2D eigenvalue weighted by Crippen LogP contribution is -2.46. The van der Waals surface area contributed by atoms with Gasteiger partial charge in [0, 0.05) is 45.9 Å². The molecule has 6 nitrogen and oxygen atoms in total. The molecular formula is C20H34N4O2. The maximum absolute atomic E-state index is 5.59. The second-order valence-corrected chi connectivity index (χ2v) is 7.19. The number of ether oxygens (including phenoxy) is 2. The van der Waals surface area contributed by atoms with Gasteiger partial charge in [-0.05, 0) is 37.5 Å². The van der Waals surface area contributed by atoms with Gasteiger partial charge >= 0.3 is 0 Å². The molecule has 2 N–H and O–H groups in total. The van der Waals surface area contributed by atoms with Crippen molar-refractivity contribution in [2.45, 2.75) is 39.4 Å². The lowest BCUT2D eigenvalue weighted by Gasteiger charge is -2.22. The van der Waals surface area contributed by atoms with Gasteiger partial charge in [-0.3, -0.25) is 9.89 Å². The van der Waals surface area contributed by atoms with Gasteiger partial charge < -0.3 is 20.1 Å². The molecule has 26 heavy (non-hydrogen) atoms. The average molecular weight is 363 g/mol. The van der Waals surface area contributed by atoms with Crippen molar-refractivity contribution in [2.24, 2.45) is 10.9 Å². The first-order valence-electron chi connectivity index (χ1n) is 9.45. The van der Waals surface area contributed by atoms with Crippen molar-refractivity contribution in [2.75, 3.05) is 40.5 Å². The van der Waals surface area contributed by atoms with Crippen LogP contribution in [0, 0.1) is 5.92 Å². The molecule has 2 unspecified atom stereocenters. The first-order chi connectivity index (χ1) is 12.5.